The Hall–Kier alpha value is -1.40. The van der Waals surface area contributed by atoms with Crippen molar-refractivity contribution in [2.75, 3.05) is 0 Å². The van der Waals surface area contributed by atoms with Crippen LogP contribution in [0, 0.1) is 17.2 Å². The Morgan fingerprint density at radius 3 is 3.00 bits per heavy atom. The molecule has 1 heterocycles. The van der Waals surface area contributed by atoms with Crippen LogP contribution in [-0.4, -0.2) is 0 Å². The molecule has 1 aromatic rings. The fourth-order valence-electron chi connectivity index (χ4n) is 2.68. The zero-order chi connectivity index (χ0) is 11.1. The number of aryl methyl sites for hydroxylation is 1. The minimum atomic E-state index is 0.338. The van der Waals surface area contributed by atoms with Crippen molar-refractivity contribution in [1.82, 2.24) is 0 Å². The number of allylic oxidation sites excluding steroid dienone is 1. The van der Waals surface area contributed by atoms with Gasteiger partial charge in [-0.1, -0.05) is 36.0 Å². The molecule has 1 aliphatic carbocycles. The maximum absolute atomic E-state index is 9.12. The van der Waals surface area contributed by atoms with Gasteiger partial charge in [0.1, 0.15) is 0 Å². The Kier molecular flexibility index (Phi) is 2.19. The predicted molar refractivity (Wildman–Crippen MR) is 65.4 cm³/mol. The smallest absolute Gasteiger partial charge is 0.0978 e. The third-order valence-corrected chi connectivity index (χ3v) is 4.77. The SMILES string of the molecule is N#CC1=C(N)S[C@H]2c3ccccc3CC[C@@H]12. The lowest BCUT2D eigenvalue weighted by atomic mass is 9.80. The summed E-state index contributed by atoms with van der Waals surface area (Å²) in [6.07, 6.45) is 2.12. The van der Waals surface area contributed by atoms with Crippen molar-refractivity contribution >= 4 is 11.8 Å². The second-order valence-corrected chi connectivity index (χ2v) is 5.46. The average molecular weight is 228 g/mol. The van der Waals surface area contributed by atoms with Gasteiger partial charge in [0, 0.05) is 11.2 Å². The molecule has 2 atom stereocenters. The van der Waals surface area contributed by atoms with Crippen molar-refractivity contribution in [3.05, 3.63) is 46.0 Å². The number of fused-ring (bicyclic) bond motifs is 3. The van der Waals surface area contributed by atoms with E-state index in [0.29, 0.717) is 11.2 Å². The maximum atomic E-state index is 9.12. The van der Waals surface area contributed by atoms with E-state index in [9.17, 15) is 0 Å². The van der Waals surface area contributed by atoms with E-state index in [0.717, 1.165) is 23.4 Å². The van der Waals surface area contributed by atoms with E-state index in [2.05, 4.69) is 30.3 Å². The summed E-state index contributed by atoms with van der Waals surface area (Å²) in [5, 5.41) is 10.2. The summed E-state index contributed by atoms with van der Waals surface area (Å²) in [6, 6.07) is 10.8. The van der Waals surface area contributed by atoms with Crippen LogP contribution in [0.25, 0.3) is 0 Å². The van der Waals surface area contributed by atoms with Gasteiger partial charge in [-0.15, -0.1) is 0 Å². The molecule has 2 nitrogen and oxygen atoms in total. The fraction of sp³-hybridized carbons (Fsp3) is 0.308. The van der Waals surface area contributed by atoms with Crippen LogP contribution in [0.15, 0.2) is 34.9 Å². The molecule has 0 spiro atoms. The van der Waals surface area contributed by atoms with E-state index in [1.165, 1.54) is 11.1 Å². The largest absolute Gasteiger partial charge is 0.393 e. The molecule has 1 aliphatic heterocycles. The van der Waals surface area contributed by atoms with Crippen molar-refractivity contribution in [2.24, 2.45) is 11.7 Å². The Morgan fingerprint density at radius 1 is 1.38 bits per heavy atom. The van der Waals surface area contributed by atoms with Crippen LogP contribution >= 0.6 is 11.8 Å². The quantitative estimate of drug-likeness (QED) is 0.742. The molecule has 0 bridgehead atoms. The number of benzene rings is 1. The summed E-state index contributed by atoms with van der Waals surface area (Å²) in [5.74, 6) is 0.338. The van der Waals surface area contributed by atoms with Crippen molar-refractivity contribution in [2.45, 2.75) is 18.1 Å². The normalized spacial score (nSPS) is 27.2. The first-order valence-corrected chi connectivity index (χ1v) is 6.33. The van der Waals surface area contributed by atoms with Crippen LogP contribution in [0.1, 0.15) is 22.8 Å². The average Bonchev–Trinajstić information content (AvgIpc) is 2.65. The van der Waals surface area contributed by atoms with Gasteiger partial charge >= 0.3 is 0 Å². The summed E-state index contributed by atoms with van der Waals surface area (Å²) in [5.41, 5.74) is 9.53. The molecule has 0 amide bonds. The zero-order valence-corrected chi connectivity index (χ0v) is 9.63. The molecular weight excluding hydrogens is 216 g/mol. The second kappa shape index (κ2) is 3.57. The van der Waals surface area contributed by atoms with E-state index in [4.69, 9.17) is 11.0 Å². The first-order chi connectivity index (χ1) is 7.81. The van der Waals surface area contributed by atoms with E-state index in [1.807, 2.05) is 0 Å². The first kappa shape index (κ1) is 9.80. The van der Waals surface area contributed by atoms with Crippen molar-refractivity contribution in [3.63, 3.8) is 0 Å². The minimum absolute atomic E-state index is 0.338. The van der Waals surface area contributed by atoms with Gasteiger partial charge < -0.3 is 5.73 Å². The number of hydrogen-bond acceptors (Lipinski definition) is 3. The Balaban J connectivity index is 2.05. The third kappa shape index (κ3) is 1.27. The van der Waals surface area contributed by atoms with Gasteiger partial charge in [-0.25, -0.2) is 0 Å². The van der Waals surface area contributed by atoms with Gasteiger partial charge in [-0.05, 0) is 24.0 Å². The summed E-state index contributed by atoms with van der Waals surface area (Å²) >= 11 is 1.66. The van der Waals surface area contributed by atoms with Crippen molar-refractivity contribution < 1.29 is 0 Å². The minimum Gasteiger partial charge on any atom is -0.393 e. The Morgan fingerprint density at radius 2 is 2.19 bits per heavy atom. The lowest BCUT2D eigenvalue weighted by molar-refractivity contribution is 0.534. The van der Waals surface area contributed by atoms with Crippen LogP contribution < -0.4 is 5.73 Å². The van der Waals surface area contributed by atoms with E-state index in [-0.39, 0.29) is 0 Å². The van der Waals surface area contributed by atoms with Crippen LogP contribution in [0.3, 0.4) is 0 Å². The number of nitrogens with two attached hydrogens (primary N) is 1. The van der Waals surface area contributed by atoms with Crippen LogP contribution in [0.2, 0.25) is 0 Å². The van der Waals surface area contributed by atoms with Gasteiger partial charge in [0.05, 0.1) is 16.7 Å². The van der Waals surface area contributed by atoms with Gasteiger partial charge in [0.15, 0.2) is 0 Å². The van der Waals surface area contributed by atoms with Crippen LogP contribution in [0.5, 0.6) is 0 Å². The molecule has 0 fully saturated rings. The Bertz CT molecular complexity index is 513. The summed E-state index contributed by atoms with van der Waals surface area (Å²) < 4.78 is 0. The molecule has 80 valence electrons. The van der Waals surface area contributed by atoms with Crippen LogP contribution in [0.4, 0.5) is 0 Å². The number of nitriles is 1. The third-order valence-electron chi connectivity index (χ3n) is 3.46. The van der Waals surface area contributed by atoms with Gasteiger partial charge in [-0.2, -0.15) is 5.26 Å². The van der Waals surface area contributed by atoms with Gasteiger partial charge in [0.25, 0.3) is 0 Å². The predicted octanol–water partition coefficient (Wildman–Crippen LogP) is 2.73. The number of rotatable bonds is 0. The summed E-state index contributed by atoms with van der Waals surface area (Å²) in [4.78, 5) is 0. The second-order valence-electron chi connectivity index (χ2n) is 4.27. The Labute approximate surface area is 99.1 Å². The van der Waals surface area contributed by atoms with Gasteiger partial charge in [0.2, 0.25) is 0 Å². The molecular formula is C13H12N2S. The molecule has 2 N–H and O–H groups in total. The monoisotopic (exact) mass is 228 g/mol. The molecule has 1 aromatic carbocycles. The molecule has 0 saturated carbocycles. The standard InChI is InChI=1S/C13H12N2S/c14-7-11-10-6-5-8-3-1-2-4-9(8)12(10)16-13(11)15/h1-4,10,12H,5-6,15H2/t10-,12-/m0/s1. The topological polar surface area (TPSA) is 49.8 Å². The van der Waals surface area contributed by atoms with Crippen molar-refractivity contribution in [3.8, 4) is 6.07 Å². The molecule has 16 heavy (non-hydrogen) atoms. The summed E-state index contributed by atoms with van der Waals surface area (Å²) in [6.45, 7) is 0. The fourth-order valence-corrected chi connectivity index (χ4v) is 4.07. The van der Waals surface area contributed by atoms with E-state index in [1.54, 1.807) is 11.8 Å². The molecule has 3 rings (SSSR count). The maximum Gasteiger partial charge on any atom is 0.0978 e. The van der Waals surface area contributed by atoms with Crippen molar-refractivity contribution in [1.29, 1.82) is 5.26 Å². The molecule has 2 aliphatic rings. The molecule has 0 radical (unpaired) electrons. The van der Waals surface area contributed by atoms with Gasteiger partial charge in [-0.3, -0.25) is 0 Å². The highest BCUT2D eigenvalue weighted by Crippen LogP contribution is 2.54. The highest BCUT2D eigenvalue weighted by Gasteiger charge is 2.39. The molecule has 0 aromatic heterocycles. The molecule has 3 heteroatoms. The first-order valence-electron chi connectivity index (χ1n) is 5.45. The van der Waals surface area contributed by atoms with Crippen LogP contribution in [-0.2, 0) is 6.42 Å². The van der Waals surface area contributed by atoms with E-state index < -0.39 is 0 Å². The van der Waals surface area contributed by atoms with E-state index >= 15 is 0 Å². The lowest BCUT2D eigenvalue weighted by Crippen LogP contribution is -2.16. The number of nitrogens with zero attached hydrogens (tertiary/aromatic N) is 1. The molecule has 0 saturated heterocycles. The lowest BCUT2D eigenvalue weighted by Gasteiger charge is -2.27. The highest BCUT2D eigenvalue weighted by atomic mass is 32.2. The number of thioether (sulfide) groups is 1. The zero-order valence-electron chi connectivity index (χ0n) is 8.81. The molecule has 0 unspecified atom stereocenters. The highest BCUT2D eigenvalue weighted by molar-refractivity contribution is 8.03. The summed E-state index contributed by atoms with van der Waals surface area (Å²) in [7, 11) is 0. The number of hydrogen-bond donors (Lipinski definition) is 1.